The summed E-state index contributed by atoms with van der Waals surface area (Å²) >= 11 is 0. The molecule has 26 heavy (non-hydrogen) atoms. The fourth-order valence-corrected chi connectivity index (χ4v) is 3.22. The Bertz CT molecular complexity index is 765. The predicted molar refractivity (Wildman–Crippen MR) is 96.0 cm³/mol. The first-order valence-electron chi connectivity index (χ1n) is 8.28. The number of benzene rings is 1. The van der Waals surface area contributed by atoms with Crippen LogP contribution < -0.4 is 0 Å². The Morgan fingerprint density at radius 2 is 1.62 bits per heavy atom. The van der Waals surface area contributed by atoms with Crippen LogP contribution in [0.5, 0.6) is 0 Å². The first-order valence-corrected chi connectivity index (χ1v) is 9.72. The number of carbonyl (C=O) groups is 3. The number of ketones is 2. The van der Waals surface area contributed by atoms with Gasteiger partial charge >= 0.3 is 5.97 Å². The number of carbonyl (C=O) groups excluding carboxylic acids is 3. The standard InChI is InChI=1S/C18H25NO6S/c1-6-25-18(22)17(21)15(16(20)12(2)3)11-13-7-9-14(10-8-13)26(23,24)19(4)5/h7-10,12,15H,6,11H2,1-5H3. The Hall–Kier alpha value is -2.06. The normalized spacial score (nSPS) is 12.9. The Labute approximate surface area is 154 Å². The highest BCUT2D eigenvalue weighted by Crippen LogP contribution is 2.19. The molecule has 0 aliphatic heterocycles. The van der Waals surface area contributed by atoms with E-state index >= 15 is 0 Å². The quantitative estimate of drug-likeness (QED) is 0.364. The lowest BCUT2D eigenvalue weighted by atomic mass is 9.86. The van der Waals surface area contributed by atoms with Crippen LogP contribution in [0.1, 0.15) is 26.3 Å². The molecule has 0 N–H and O–H groups in total. The summed E-state index contributed by atoms with van der Waals surface area (Å²) in [5.74, 6) is -3.83. The van der Waals surface area contributed by atoms with Gasteiger partial charge in [-0.2, -0.15) is 0 Å². The fraction of sp³-hybridized carbons (Fsp3) is 0.500. The van der Waals surface area contributed by atoms with Crippen molar-refractivity contribution >= 4 is 27.6 Å². The number of esters is 1. The molecule has 1 rings (SSSR count). The van der Waals surface area contributed by atoms with Crippen molar-refractivity contribution in [1.82, 2.24) is 4.31 Å². The monoisotopic (exact) mass is 383 g/mol. The van der Waals surface area contributed by atoms with E-state index in [9.17, 15) is 22.8 Å². The summed E-state index contributed by atoms with van der Waals surface area (Å²) < 4.78 is 30.0. The number of hydrogen-bond donors (Lipinski definition) is 0. The SMILES string of the molecule is CCOC(=O)C(=O)C(Cc1ccc(S(=O)(=O)N(C)C)cc1)C(=O)C(C)C. The zero-order chi connectivity index (χ0) is 20.1. The number of sulfonamides is 1. The van der Waals surface area contributed by atoms with Gasteiger partial charge < -0.3 is 4.74 Å². The highest BCUT2D eigenvalue weighted by Gasteiger charge is 2.34. The molecule has 0 spiro atoms. The van der Waals surface area contributed by atoms with Crippen LogP contribution in [-0.2, 0) is 35.6 Å². The van der Waals surface area contributed by atoms with E-state index in [1.54, 1.807) is 20.8 Å². The van der Waals surface area contributed by atoms with E-state index in [2.05, 4.69) is 0 Å². The Morgan fingerprint density at radius 3 is 2.04 bits per heavy atom. The molecule has 7 nitrogen and oxygen atoms in total. The van der Waals surface area contributed by atoms with Gasteiger partial charge in [-0.1, -0.05) is 26.0 Å². The molecule has 144 valence electrons. The smallest absolute Gasteiger partial charge is 0.375 e. The number of ether oxygens (including phenoxy) is 1. The molecule has 0 saturated heterocycles. The second-order valence-electron chi connectivity index (χ2n) is 6.33. The van der Waals surface area contributed by atoms with Crippen LogP contribution >= 0.6 is 0 Å². The summed E-state index contributed by atoms with van der Waals surface area (Å²) in [5.41, 5.74) is 0.583. The molecule has 0 amide bonds. The third-order valence-electron chi connectivity index (χ3n) is 3.85. The van der Waals surface area contributed by atoms with Crippen molar-refractivity contribution in [3.63, 3.8) is 0 Å². The van der Waals surface area contributed by atoms with E-state index in [1.165, 1.54) is 38.4 Å². The zero-order valence-electron chi connectivity index (χ0n) is 15.7. The molecular weight excluding hydrogens is 358 g/mol. The number of rotatable bonds is 9. The van der Waals surface area contributed by atoms with Crippen LogP contribution in [0.2, 0.25) is 0 Å². The van der Waals surface area contributed by atoms with Gasteiger partial charge in [0, 0.05) is 20.0 Å². The maximum Gasteiger partial charge on any atom is 0.375 e. The van der Waals surface area contributed by atoms with Gasteiger partial charge in [0.25, 0.3) is 5.78 Å². The molecule has 0 aliphatic carbocycles. The molecule has 1 aromatic carbocycles. The molecule has 0 aromatic heterocycles. The van der Waals surface area contributed by atoms with E-state index in [-0.39, 0.29) is 23.7 Å². The van der Waals surface area contributed by atoms with Gasteiger partial charge in [-0.05, 0) is 31.0 Å². The maximum atomic E-state index is 12.4. The number of nitrogens with zero attached hydrogens (tertiary/aromatic N) is 1. The van der Waals surface area contributed by atoms with E-state index < -0.39 is 33.6 Å². The minimum atomic E-state index is -3.56. The molecular formula is C18H25NO6S. The van der Waals surface area contributed by atoms with Crippen molar-refractivity contribution in [3.05, 3.63) is 29.8 Å². The molecule has 0 aliphatic rings. The minimum absolute atomic E-state index is 0.0109. The topological polar surface area (TPSA) is 97.8 Å². The molecule has 0 heterocycles. The molecule has 0 radical (unpaired) electrons. The molecule has 1 atom stereocenters. The highest BCUT2D eigenvalue weighted by atomic mass is 32.2. The zero-order valence-corrected chi connectivity index (χ0v) is 16.5. The summed E-state index contributed by atoms with van der Waals surface area (Å²) in [7, 11) is -0.705. The third-order valence-corrected chi connectivity index (χ3v) is 5.68. The van der Waals surface area contributed by atoms with E-state index in [4.69, 9.17) is 4.74 Å². The second-order valence-corrected chi connectivity index (χ2v) is 8.48. The molecule has 0 bridgehead atoms. The predicted octanol–water partition coefficient (Wildman–Crippen LogP) is 1.45. The van der Waals surface area contributed by atoms with Crippen molar-refractivity contribution in [1.29, 1.82) is 0 Å². The molecule has 1 unspecified atom stereocenters. The van der Waals surface area contributed by atoms with Gasteiger partial charge in [0.05, 0.1) is 17.4 Å². The first-order chi connectivity index (χ1) is 12.0. The Balaban J connectivity index is 3.10. The van der Waals surface area contributed by atoms with Gasteiger partial charge in [0.2, 0.25) is 10.0 Å². The lowest BCUT2D eigenvalue weighted by molar-refractivity contribution is -0.157. The first kappa shape index (κ1) is 22.0. The van der Waals surface area contributed by atoms with E-state index in [1.807, 2.05) is 0 Å². The second kappa shape index (κ2) is 9.05. The molecule has 8 heteroatoms. The van der Waals surface area contributed by atoms with Gasteiger partial charge in [-0.3, -0.25) is 9.59 Å². The van der Waals surface area contributed by atoms with Crippen LogP contribution in [0.3, 0.4) is 0 Å². The van der Waals surface area contributed by atoms with Gasteiger partial charge in [0.15, 0.2) is 0 Å². The lowest BCUT2D eigenvalue weighted by Gasteiger charge is -2.17. The number of Topliss-reactive ketones (excluding diaryl/α,β-unsaturated/α-hetero) is 2. The minimum Gasteiger partial charge on any atom is -0.460 e. The van der Waals surface area contributed by atoms with Crippen LogP contribution in [0.15, 0.2) is 29.2 Å². The summed E-state index contributed by atoms with van der Waals surface area (Å²) in [6.45, 7) is 4.93. The third kappa shape index (κ3) is 5.22. The van der Waals surface area contributed by atoms with Crippen LogP contribution in [0.4, 0.5) is 0 Å². The fourth-order valence-electron chi connectivity index (χ4n) is 2.31. The van der Waals surface area contributed by atoms with Crippen molar-refractivity contribution in [2.24, 2.45) is 11.8 Å². The Morgan fingerprint density at radius 1 is 1.08 bits per heavy atom. The van der Waals surface area contributed by atoms with Gasteiger partial charge in [-0.25, -0.2) is 17.5 Å². The summed E-state index contributed by atoms with van der Waals surface area (Å²) in [4.78, 5) is 36.5. The molecule has 0 fully saturated rings. The summed E-state index contributed by atoms with van der Waals surface area (Å²) in [6.07, 6.45) is 0.0109. The van der Waals surface area contributed by atoms with Crippen LogP contribution in [-0.4, -0.2) is 51.0 Å². The van der Waals surface area contributed by atoms with Crippen molar-refractivity contribution in [2.75, 3.05) is 20.7 Å². The van der Waals surface area contributed by atoms with Crippen molar-refractivity contribution < 1.29 is 27.5 Å². The summed E-state index contributed by atoms with van der Waals surface area (Å²) in [6, 6.07) is 5.90. The molecule has 1 aromatic rings. The van der Waals surface area contributed by atoms with E-state index in [0.29, 0.717) is 5.56 Å². The largest absolute Gasteiger partial charge is 0.460 e. The maximum absolute atomic E-state index is 12.4. The average Bonchev–Trinajstić information content (AvgIpc) is 2.58. The Kier molecular flexibility index (Phi) is 7.65. The van der Waals surface area contributed by atoms with Crippen molar-refractivity contribution in [2.45, 2.75) is 32.1 Å². The highest BCUT2D eigenvalue weighted by molar-refractivity contribution is 7.89. The van der Waals surface area contributed by atoms with E-state index in [0.717, 1.165) is 4.31 Å². The molecule has 0 saturated carbocycles. The van der Waals surface area contributed by atoms with Crippen LogP contribution in [0, 0.1) is 11.8 Å². The van der Waals surface area contributed by atoms with Crippen LogP contribution in [0.25, 0.3) is 0 Å². The average molecular weight is 383 g/mol. The number of hydrogen-bond acceptors (Lipinski definition) is 6. The summed E-state index contributed by atoms with van der Waals surface area (Å²) in [5, 5.41) is 0. The van der Waals surface area contributed by atoms with Gasteiger partial charge in [-0.15, -0.1) is 0 Å². The van der Waals surface area contributed by atoms with Gasteiger partial charge in [0.1, 0.15) is 5.78 Å². The lowest BCUT2D eigenvalue weighted by Crippen LogP contribution is -2.35. The van der Waals surface area contributed by atoms with Crippen molar-refractivity contribution in [3.8, 4) is 0 Å².